The molecule has 10 nitrogen and oxygen atoms in total. The highest BCUT2D eigenvalue weighted by Crippen LogP contribution is 2.26. The highest BCUT2D eigenvalue weighted by Gasteiger charge is 2.45. The number of carbonyl (C=O) groups is 2. The Balaban J connectivity index is 1.81. The van der Waals surface area contributed by atoms with E-state index >= 15 is 0 Å². The van der Waals surface area contributed by atoms with Crippen molar-refractivity contribution in [3.8, 4) is 0 Å². The number of non-ortho nitro benzene ring substituents is 1. The second kappa shape index (κ2) is 9.28. The molecule has 1 aromatic carbocycles. The number of nitrogens with zero attached hydrogens (tertiary/aromatic N) is 1. The van der Waals surface area contributed by atoms with Crippen molar-refractivity contribution >= 4 is 17.7 Å². The van der Waals surface area contributed by atoms with E-state index in [-0.39, 0.29) is 24.2 Å². The van der Waals surface area contributed by atoms with Crippen molar-refractivity contribution < 1.29 is 33.5 Å². The fourth-order valence-electron chi connectivity index (χ4n) is 2.81. The maximum absolute atomic E-state index is 11.9. The van der Waals surface area contributed by atoms with Gasteiger partial charge in [-0.15, -0.1) is 0 Å². The van der Waals surface area contributed by atoms with Crippen LogP contribution < -0.4 is 5.32 Å². The lowest BCUT2D eigenvalue weighted by Crippen LogP contribution is -2.63. The van der Waals surface area contributed by atoms with Crippen molar-refractivity contribution in [1.82, 2.24) is 5.32 Å². The minimum atomic E-state index is -0.922. The number of hydrogen-bond donors (Lipinski definition) is 1. The predicted octanol–water partition coefficient (Wildman–Crippen LogP) is 1.76. The molecule has 148 valence electrons. The van der Waals surface area contributed by atoms with Crippen LogP contribution in [0.3, 0.4) is 0 Å². The first kappa shape index (κ1) is 20.6. The number of nitro groups is 1. The molecule has 0 saturated carbocycles. The zero-order chi connectivity index (χ0) is 20.0. The van der Waals surface area contributed by atoms with Crippen LogP contribution in [0.5, 0.6) is 0 Å². The molecule has 1 N–H and O–H groups in total. The summed E-state index contributed by atoms with van der Waals surface area (Å²) < 4.78 is 20.4. The van der Waals surface area contributed by atoms with Gasteiger partial charge in [0.1, 0.15) is 12.7 Å². The van der Waals surface area contributed by atoms with Crippen LogP contribution in [0.15, 0.2) is 24.3 Å². The molecular weight excluding hydrogens is 360 g/mol. The van der Waals surface area contributed by atoms with Gasteiger partial charge in [0.05, 0.1) is 10.8 Å². The molecule has 1 aliphatic rings. The fourth-order valence-corrected chi connectivity index (χ4v) is 2.81. The summed E-state index contributed by atoms with van der Waals surface area (Å²) in [4.78, 5) is 33.8. The molecular formula is C17H22N2O8. The monoisotopic (exact) mass is 382 g/mol. The Morgan fingerprint density at radius 2 is 1.89 bits per heavy atom. The van der Waals surface area contributed by atoms with Crippen LogP contribution >= 0.6 is 0 Å². The summed E-state index contributed by atoms with van der Waals surface area (Å²) in [6.45, 7) is 1.51. The molecule has 27 heavy (non-hydrogen) atoms. The molecule has 0 aliphatic carbocycles. The van der Waals surface area contributed by atoms with E-state index in [9.17, 15) is 19.7 Å². The van der Waals surface area contributed by atoms with Gasteiger partial charge < -0.3 is 24.3 Å². The van der Waals surface area contributed by atoms with E-state index in [1.54, 1.807) is 6.92 Å². The van der Waals surface area contributed by atoms with Crippen LogP contribution in [0, 0.1) is 16.0 Å². The third-order valence-electron chi connectivity index (χ3n) is 4.33. The molecule has 3 atom stereocenters. The van der Waals surface area contributed by atoms with Crippen LogP contribution in [0.25, 0.3) is 0 Å². The average Bonchev–Trinajstić information content (AvgIpc) is 2.63. The van der Waals surface area contributed by atoms with Gasteiger partial charge >= 0.3 is 6.16 Å². The Kier molecular flexibility index (Phi) is 7.08. The van der Waals surface area contributed by atoms with Gasteiger partial charge in [-0.3, -0.25) is 14.9 Å². The summed E-state index contributed by atoms with van der Waals surface area (Å²) >= 11 is 0. The first-order valence-electron chi connectivity index (χ1n) is 8.28. The van der Waals surface area contributed by atoms with Crippen molar-refractivity contribution in [2.75, 3.05) is 14.2 Å². The van der Waals surface area contributed by atoms with Gasteiger partial charge in [-0.1, -0.05) is 0 Å². The summed E-state index contributed by atoms with van der Waals surface area (Å²) in [5, 5.41) is 13.3. The van der Waals surface area contributed by atoms with Crippen molar-refractivity contribution in [2.24, 2.45) is 5.92 Å². The third kappa shape index (κ3) is 5.38. The molecule has 1 heterocycles. The van der Waals surface area contributed by atoms with Gasteiger partial charge in [0.25, 0.3) is 5.69 Å². The SMILES string of the molecule is COC(C[C@H]1NC(=O)[C@H]1[C@@H](C)OC(=O)OCc1ccc([N+](=O)[O-])cc1)OC. The van der Waals surface area contributed by atoms with Crippen LogP contribution in [0.1, 0.15) is 18.9 Å². The molecule has 1 fully saturated rings. The smallest absolute Gasteiger partial charge is 0.430 e. The Morgan fingerprint density at radius 3 is 2.41 bits per heavy atom. The quantitative estimate of drug-likeness (QED) is 0.225. The van der Waals surface area contributed by atoms with Crippen LogP contribution in [0.2, 0.25) is 0 Å². The molecule has 1 saturated heterocycles. The Morgan fingerprint density at radius 1 is 1.26 bits per heavy atom. The van der Waals surface area contributed by atoms with Gasteiger partial charge in [-0.05, 0) is 24.6 Å². The number of β-lactam (4-membered cyclic amide) rings is 1. The third-order valence-corrected chi connectivity index (χ3v) is 4.33. The molecule has 0 radical (unpaired) electrons. The summed E-state index contributed by atoms with van der Waals surface area (Å²) in [6.07, 6.45) is -1.66. The molecule has 1 amide bonds. The maximum atomic E-state index is 11.9. The van der Waals surface area contributed by atoms with Crippen LogP contribution in [-0.2, 0) is 30.3 Å². The predicted molar refractivity (Wildman–Crippen MR) is 91.7 cm³/mol. The lowest BCUT2D eigenvalue weighted by Gasteiger charge is -2.40. The first-order valence-corrected chi connectivity index (χ1v) is 8.28. The number of hydrogen-bond acceptors (Lipinski definition) is 8. The Labute approximate surface area is 155 Å². The molecule has 0 aromatic heterocycles. The van der Waals surface area contributed by atoms with Crippen molar-refractivity contribution in [3.05, 3.63) is 39.9 Å². The number of amides is 1. The van der Waals surface area contributed by atoms with Gasteiger partial charge in [0.2, 0.25) is 5.91 Å². The van der Waals surface area contributed by atoms with E-state index in [0.29, 0.717) is 12.0 Å². The number of ether oxygens (including phenoxy) is 4. The fraction of sp³-hybridized carbons (Fsp3) is 0.529. The average molecular weight is 382 g/mol. The van der Waals surface area contributed by atoms with E-state index in [2.05, 4.69) is 5.32 Å². The molecule has 0 spiro atoms. The van der Waals surface area contributed by atoms with Crippen molar-refractivity contribution in [2.45, 2.75) is 38.4 Å². The highest BCUT2D eigenvalue weighted by molar-refractivity contribution is 5.86. The summed E-state index contributed by atoms with van der Waals surface area (Å²) in [5.74, 6) is -0.744. The summed E-state index contributed by atoms with van der Waals surface area (Å²) in [7, 11) is 3.00. The van der Waals surface area contributed by atoms with Gasteiger partial charge in [0, 0.05) is 38.8 Å². The minimum Gasteiger partial charge on any atom is -0.430 e. The van der Waals surface area contributed by atoms with Crippen molar-refractivity contribution in [1.29, 1.82) is 0 Å². The molecule has 0 unspecified atom stereocenters. The Hall–Kier alpha value is -2.72. The number of benzene rings is 1. The lowest BCUT2D eigenvalue weighted by atomic mass is 9.84. The van der Waals surface area contributed by atoms with E-state index in [1.165, 1.54) is 38.5 Å². The zero-order valence-corrected chi connectivity index (χ0v) is 15.2. The highest BCUT2D eigenvalue weighted by atomic mass is 16.7. The molecule has 1 aromatic rings. The van der Waals surface area contributed by atoms with Crippen LogP contribution in [0.4, 0.5) is 10.5 Å². The standard InChI is InChI=1S/C17H22N2O8/c1-10(15-13(18-16(15)20)8-14(24-2)25-3)27-17(21)26-9-11-4-6-12(7-5-11)19(22)23/h4-7,10,13-15H,8-9H2,1-3H3,(H,18,20)/t10-,13-,15+/m1/s1. The number of methoxy groups -OCH3 is 2. The van der Waals surface area contributed by atoms with E-state index in [4.69, 9.17) is 18.9 Å². The molecule has 10 heteroatoms. The number of rotatable bonds is 9. The van der Waals surface area contributed by atoms with Gasteiger partial charge in [-0.2, -0.15) is 0 Å². The van der Waals surface area contributed by atoms with E-state index in [0.717, 1.165) is 0 Å². The van der Waals surface area contributed by atoms with E-state index in [1.807, 2.05) is 0 Å². The first-order chi connectivity index (χ1) is 12.8. The number of nitro benzene ring substituents is 1. The molecule has 0 bridgehead atoms. The summed E-state index contributed by atoms with van der Waals surface area (Å²) in [5.41, 5.74) is 0.523. The lowest BCUT2D eigenvalue weighted by molar-refractivity contribution is -0.384. The number of carbonyl (C=O) groups excluding carboxylic acids is 2. The number of nitrogens with one attached hydrogen (secondary N) is 1. The van der Waals surface area contributed by atoms with Crippen molar-refractivity contribution in [3.63, 3.8) is 0 Å². The largest absolute Gasteiger partial charge is 0.508 e. The second-order valence-electron chi connectivity index (χ2n) is 6.06. The topological polar surface area (TPSA) is 126 Å². The Bertz CT molecular complexity index is 674. The maximum Gasteiger partial charge on any atom is 0.508 e. The van der Waals surface area contributed by atoms with E-state index < -0.39 is 29.4 Å². The molecule has 2 rings (SSSR count). The van der Waals surface area contributed by atoms with Crippen LogP contribution in [-0.4, -0.2) is 49.6 Å². The van der Waals surface area contributed by atoms with Gasteiger partial charge in [0.15, 0.2) is 6.29 Å². The summed E-state index contributed by atoms with van der Waals surface area (Å²) in [6, 6.07) is 5.37. The zero-order valence-electron chi connectivity index (χ0n) is 15.2. The second-order valence-corrected chi connectivity index (χ2v) is 6.06. The van der Waals surface area contributed by atoms with Gasteiger partial charge in [-0.25, -0.2) is 4.79 Å². The minimum absolute atomic E-state index is 0.0533. The normalized spacial score (nSPS) is 19.8. The molecule has 1 aliphatic heterocycles.